The fraction of sp³-hybridized carbons (Fsp3) is 0.647. The van der Waals surface area contributed by atoms with Crippen LogP contribution in [0.4, 0.5) is 0 Å². The maximum Gasteiger partial charge on any atom is 0.328 e. The van der Waals surface area contributed by atoms with E-state index in [4.69, 9.17) is 22.3 Å². The van der Waals surface area contributed by atoms with E-state index >= 15 is 0 Å². The van der Waals surface area contributed by atoms with Crippen molar-refractivity contribution < 1.29 is 39.0 Å². The molecule has 0 aliphatic heterocycles. The summed E-state index contributed by atoms with van der Waals surface area (Å²) in [6, 6.07) is -5.91. The summed E-state index contributed by atoms with van der Waals surface area (Å²) in [6.07, 6.45) is -2.86. The molecule has 0 aliphatic carbocycles. The van der Waals surface area contributed by atoms with Gasteiger partial charge in [0.1, 0.15) is 12.1 Å². The number of carboxylic acid groups (broad SMARTS) is 1. The van der Waals surface area contributed by atoms with Crippen molar-refractivity contribution in [3.05, 3.63) is 0 Å². The summed E-state index contributed by atoms with van der Waals surface area (Å²) in [5.74, 6) is -6.77. The van der Waals surface area contributed by atoms with E-state index in [2.05, 4.69) is 10.6 Å². The summed E-state index contributed by atoms with van der Waals surface area (Å²) in [4.78, 5) is 70.9. The van der Waals surface area contributed by atoms with Crippen LogP contribution in [0.5, 0.6) is 0 Å². The number of aliphatic hydroxyl groups is 1. The number of carboxylic acids is 1. The predicted molar refractivity (Wildman–Crippen MR) is 106 cm³/mol. The molecule has 0 saturated carbocycles. The zero-order valence-electron chi connectivity index (χ0n) is 17.5. The topological polar surface area (TPSA) is 257 Å². The van der Waals surface area contributed by atoms with E-state index in [9.17, 15) is 33.9 Å². The number of aliphatic carboxylic acids is 1. The summed E-state index contributed by atoms with van der Waals surface area (Å²) >= 11 is 0. The Morgan fingerprint density at radius 2 is 1.16 bits per heavy atom. The minimum Gasteiger partial charge on any atom is -0.480 e. The molecule has 0 fully saturated rings. The Balaban J connectivity index is 5.56. The molecular formula is C17H30N6O8. The molecule has 176 valence electrons. The molecule has 31 heavy (non-hydrogen) atoms. The van der Waals surface area contributed by atoms with Gasteiger partial charge >= 0.3 is 5.97 Å². The molecule has 0 heterocycles. The Kier molecular flexibility index (Phi) is 11.1. The third kappa shape index (κ3) is 9.86. The fourth-order valence-corrected chi connectivity index (χ4v) is 2.31. The van der Waals surface area contributed by atoms with Crippen LogP contribution < -0.4 is 33.2 Å². The van der Waals surface area contributed by atoms with Crippen molar-refractivity contribution in [2.45, 2.75) is 63.9 Å². The van der Waals surface area contributed by atoms with Gasteiger partial charge in [0.25, 0.3) is 0 Å². The molecule has 5 unspecified atom stereocenters. The second-order valence-corrected chi connectivity index (χ2v) is 7.30. The number of hydrogen-bond donors (Lipinski definition) is 8. The molecule has 0 spiro atoms. The number of rotatable bonds is 13. The van der Waals surface area contributed by atoms with Gasteiger partial charge in [0.05, 0.1) is 25.0 Å². The van der Waals surface area contributed by atoms with Gasteiger partial charge in [0.2, 0.25) is 29.5 Å². The molecule has 0 bridgehead atoms. The number of carbonyl (C=O) groups is 6. The summed E-state index contributed by atoms with van der Waals surface area (Å²) in [7, 11) is 0. The van der Waals surface area contributed by atoms with Crippen molar-refractivity contribution in [2.24, 2.45) is 23.1 Å². The zero-order valence-corrected chi connectivity index (χ0v) is 17.5. The first-order chi connectivity index (χ1) is 14.2. The van der Waals surface area contributed by atoms with Crippen LogP contribution in [0.1, 0.15) is 33.6 Å². The lowest BCUT2D eigenvalue weighted by Gasteiger charge is -2.25. The Labute approximate surface area is 178 Å². The van der Waals surface area contributed by atoms with Crippen molar-refractivity contribution in [1.82, 2.24) is 16.0 Å². The van der Waals surface area contributed by atoms with Crippen molar-refractivity contribution in [1.29, 1.82) is 0 Å². The standard InChI is InChI=1S/C17H30N6O8/c1-6(2)12(20)16(29)22-8(4-10(18)25)14(27)21-9(5-11(19)26)15(28)23-13(7(3)24)17(30)31/h6-9,12-13,24H,4-5,20H2,1-3H3,(H2,18,25)(H2,19,26)(H,21,27)(H,22,29)(H,23,28)(H,30,31). The number of primary amides is 2. The van der Waals surface area contributed by atoms with Crippen LogP contribution in [0, 0.1) is 5.92 Å². The minimum atomic E-state index is -1.73. The largest absolute Gasteiger partial charge is 0.480 e. The quantitative estimate of drug-likeness (QED) is 0.136. The van der Waals surface area contributed by atoms with Crippen LogP contribution in [0.15, 0.2) is 0 Å². The van der Waals surface area contributed by atoms with Gasteiger partial charge < -0.3 is 43.4 Å². The number of amides is 5. The van der Waals surface area contributed by atoms with Crippen molar-refractivity contribution >= 4 is 35.5 Å². The molecule has 5 atom stereocenters. The number of carbonyl (C=O) groups excluding carboxylic acids is 5. The van der Waals surface area contributed by atoms with Gasteiger partial charge in [-0.15, -0.1) is 0 Å². The van der Waals surface area contributed by atoms with Crippen molar-refractivity contribution in [2.75, 3.05) is 0 Å². The molecule has 5 amide bonds. The summed E-state index contributed by atoms with van der Waals surface area (Å²) in [5.41, 5.74) is 15.9. The van der Waals surface area contributed by atoms with E-state index in [-0.39, 0.29) is 5.92 Å². The number of nitrogens with two attached hydrogens (primary N) is 3. The van der Waals surface area contributed by atoms with E-state index in [1.54, 1.807) is 13.8 Å². The van der Waals surface area contributed by atoms with Crippen LogP contribution in [0.2, 0.25) is 0 Å². The van der Waals surface area contributed by atoms with Crippen LogP contribution >= 0.6 is 0 Å². The van der Waals surface area contributed by atoms with Gasteiger partial charge in [-0.25, -0.2) is 4.79 Å². The summed E-state index contributed by atoms with van der Waals surface area (Å²) in [5, 5.41) is 24.9. The molecule has 14 heteroatoms. The number of nitrogens with one attached hydrogen (secondary N) is 3. The van der Waals surface area contributed by atoms with E-state index in [1.165, 1.54) is 0 Å². The minimum absolute atomic E-state index is 0.292. The van der Waals surface area contributed by atoms with Crippen LogP contribution in [0.3, 0.4) is 0 Å². The average Bonchev–Trinajstić information content (AvgIpc) is 2.62. The lowest BCUT2D eigenvalue weighted by Crippen LogP contribution is -2.59. The maximum atomic E-state index is 12.6. The van der Waals surface area contributed by atoms with Gasteiger partial charge in [-0.05, 0) is 12.8 Å². The van der Waals surface area contributed by atoms with Crippen molar-refractivity contribution in [3.8, 4) is 0 Å². The Bertz CT molecular complexity index is 711. The van der Waals surface area contributed by atoms with Crippen LogP contribution in [-0.2, 0) is 28.8 Å². The molecule has 14 nitrogen and oxygen atoms in total. The predicted octanol–water partition coefficient (Wildman–Crippen LogP) is -4.36. The SMILES string of the molecule is CC(C)C(N)C(=O)NC(CC(N)=O)C(=O)NC(CC(N)=O)C(=O)NC(C(=O)O)C(C)O. The van der Waals surface area contributed by atoms with Gasteiger partial charge in [0, 0.05) is 0 Å². The second-order valence-electron chi connectivity index (χ2n) is 7.30. The molecule has 0 radical (unpaired) electrons. The third-order valence-corrected chi connectivity index (χ3v) is 4.14. The molecule has 0 aromatic rings. The molecule has 0 saturated heterocycles. The Morgan fingerprint density at radius 3 is 1.48 bits per heavy atom. The molecule has 0 aliphatic rings. The van der Waals surface area contributed by atoms with E-state index in [0.717, 1.165) is 6.92 Å². The molecule has 0 aromatic heterocycles. The first-order valence-electron chi connectivity index (χ1n) is 9.31. The van der Waals surface area contributed by atoms with E-state index in [0.29, 0.717) is 0 Å². The van der Waals surface area contributed by atoms with Crippen LogP contribution in [-0.4, -0.2) is 76.0 Å². The molecule has 0 aromatic carbocycles. The highest BCUT2D eigenvalue weighted by molar-refractivity contribution is 5.97. The number of hydrogen-bond acceptors (Lipinski definition) is 8. The molecule has 0 rings (SSSR count). The average molecular weight is 446 g/mol. The van der Waals surface area contributed by atoms with Crippen molar-refractivity contribution in [3.63, 3.8) is 0 Å². The fourth-order valence-electron chi connectivity index (χ4n) is 2.31. The lowest BCUT2D eigenvalue weighted by molar-refractivity contribution is -0.145. The van der Waals surface area contributed by atoms with E-state index in [1.807, 2.05) is 5.32 Å². The summed E-state index contributed by atoms with van der Waals surface area (Å²) in [6.45, 7) is 4.42. The van der Waals surface area contributed by atoms with Gasteiger partial charge in [-0.1, -0.05) is 13.8 Å². The molecular weight excluding hydrogens is 416 g/mol. The third-order valence-electron chi connectivity index (χ3n) is 4.14. The van der Waals surface area contributed by atoms with E-state index < -0.39 is 78.6 Å². The van der Waals surface area contributed by atoms with Crippen LogP contribution in [0.25, 0.3) is 0 Å². The maximum absolute atomic E-state index is 12.6. The van der Waals surface area contributed by atoms with Gasteiger partial charge in [-0.2, -0.15) is 0 Å². The first kappa shape index (κ1) is 27.7. The highest BCUT2D eigenvalue weighted by Crippen LogP contribution is 2.03. The summed E-state index contributed by atoms with van der Waals surface area (Å²) < 4.78 is 0. The zero-order chi connectivity index (χ0) is 24.5. The van der Waals surface area contributed by atoms with Gasteiger partial charge in [-0.3, -0.25) is 24.0 Å². The lowest BCUT2D eigenvalue weighted by atomic mass is 10.0. The highest BCUT2D eigenvalue weighted by Gasteiger charge is 2.33. The van der Waals surface area contributed by atoms with Gasteiger partial charge in [0.15, 0.2) is 6.04 Å². The normalized spacial score (nSPS) is 15.7. The Hall–Kier alpha value is -3.26. The first-order valence-corrected chi connectivity index (χ1v) is 9.31. The highest BCUT2D eigenvalue weighted by atomic mass is 16.4. The monoisotopic (exact) mass is 446 g/mol. The number of aliphatic hydroxyl groups excluding tert-OH is 1. The second kappa shape index (κ2) is 12.4. The molecule has 11 N–H and O–H groups in total. The Morgan fingerprint density at radius 1 is 0.774 bits per heavy atom. The smallest absolute Gasteiger partial charge is 0.328 e.